The van der Waals surface area contributed by atoms with Gasteiger partial charge in [0.1, 0.15) is 5.75 Å². The molecule has 5 nitrogen and oxygen atoms in total. The average Bonchev–Trinajstić information content (AvgIpc) is 2.75. The van der Waals surface area contributed by atoms with Crippen LogP contribution in [0, 0.1) is 0 Å². The van der Waals surface area contributed by atoms with Crippen molar-refractivity contribution in [3.63, 3.8) is 0 Å². The van der Waals surface area contributed by atoms with Crippen molar-refractivity contribution in [2.24, 2.45) is 7.05 Å². The number of nitrogens with zero attached hydrogens (tertiary/aromatic N) is 3. The Kier molecular flexibility index (Phi) is 3.94. The van der Waals surface area contributed by atoms with Crippen LogP contribution in [0.1, 0.15) is 24.3 Å². The first-order chi connectivity index (χ1) is 8.69. The van der Waals surface area contributed by atoms with Crippen LogP contribution in [0.3, 0.4) is 0 Å². The molecule has 1 aromatic carbocycles. The topological polar surface area (TPSA) is 60.2 Å². The number of ether oxygens (including phenoxy) is 1. The molecule has 0 radical (unpaired) electrons. The van der Waals surface area contributed by atoms with Gasteiger partial charge in [-0.2, -0.15) is 0 Å². The standard InChI is InChI=1S/C13H17N3O2/c1-3-18-12-6-4-5-10(7-12)13(17)8-11-9-16(2)15-14-11/h4-7,9,13,17H,3,8H2,1-2H3. The van der Waals surface area contributed by atoms with Crippen LogP contribution in [0.4, 0.5) is 0 Å². The molecule has 2 aromatic rings. The molecule has 96 valence electrons. The summed E-state index contributed by atoms with van der Waals surface area (Å²) in [4.78, 5) is 0. The SMILES string of the molecule is CCOc1cccc(C(O)Cc2cn(C)nn2)c1. The van der Waals surface area contributed by atoms with Crippen LogP contribution in [0.15, 0.2) is 30.5 Å². The van der Waals surface area contributed by atoms with Gasteiger partial charge in [-0.25, -0.2) is 0 Å². The lowest BCUT2D eigenvalue weighted by Crippen LogP contribution is -2.03. The van der Waals surface area contributed by atoms with Crippen LogP contribution in [0.2, 0.25) is 0 Å². The average molecular weight is 247 g/mol. The monoisotopic (exact) mass is 247 g/mol. The Morgan fingerprint density at radius 3 is 2.94 bits per heavy atom. The molecule has 1 unspecified atom stereocenters. The summed E-state index contributed by atoms with van der Waals surface area (Å²) in [5.41, 5.74) is 1.60. The van der Waals surface area contributed by atoms with Gasteiger partial charge in [0.2, 0.25) is 0 Å². The van der Waals surface area contributed by atoms with Crippen LogP contribution in [0.25, 0.3) is 0 Å². The second-order valence-electron chi connectivity index (χ2n) is 4.11. The van der Waals surface area contributed by atoms with Crippen molar-refractivity contribution in [2.75, 3.05) is 6.61 Å². The normalized spacial score (nSPS) is 12.4. The summed E-state index contributed by atoms with van der Waals surface area (Å²) in [6.45, 7) is 2.55. The van der Waals surface area contributed by atoms with Gasteiger partial charge in [0.05, 0.1) is 18.4 Å². The second-order valence-corrected chi connectivity index (χ2v) is 4.11. The van der Waals surface area contributed by atoms with Crippen LogP contribution in [-0.2, 0) is 13.5 Å². The minimum absolute atomic E-state index is 0.448. The van der Waals surface area contributed by atoms with Gasteiger partial charge in [0.15, 0.2) is 0 Å². The van der Waals surface area contributed by atoms with Crippen molar-refractivity contribution in [1.29, 1.82) is 0 Å². The van der Waals surface area contributed by atoms with Crippen molar-refractivity contribution in [3.8, 4) is 5.75 Å². The maximum Gasteiger partial charge on any atom is 0.119 e. The molecule has 1 heterocycles. The highest BCUT2D eigenvalue weighted by Crippen LogP contribution is 2.21. The fourth-order valence-electron chi connectivity index (χ4n) is 1.78. The zero-order valence-electron chi connectivity index (χ0n) is 10.6. The van der Waals surface area contributed by atoms with E-state index in [1.54, 1.807) is 17.9 Å². The van der Waals surface area contributed by atoms with Gasteiger partial charge in [-0.15, -0.1) is 5.10 Å². The molecule has 2 rings (SSSR count). The molecule has 0 saturated carbocycles. The van der Waals surface area contributed by atoms with Crippen LogP contribution in [-0.4, -0.2) is 26.7 Å². The lowest BCUT2D eigenvalue weighted by molar-refractivity contribution is 0.176. The van der Waals surface area contributed by atoms with Gasteiger partial charge < -0.3 is 9.84 Å². The maximum absolute atomic E-state index is 10.1. The maximum atomic E-state index is 10.1. The summed E-state index contributed by atoms with van der Waals surface area (Å²) in [5.74, 6) is 0.771. The first-order valence-corrected chi connectivity index (χ1v) is 5.95. The van der Waals surface area contributed by atoms with E-state index in [0.29, 0.717) is 13.0 Å². The Balaban J connectivity index is 2.08. The fourth-order valence-corrected chi connectivity index (χ4v) is 1.78. The highest BCUT2D eigenvalue weighted by atomic mass is 16.5. The Morgan fingerprint density at radius 2 is 2.28 bits per heavy atom. The quantitative estimate of drug-likeness (QED) is 0.869. The molecule has 5 heteroatoms. The number of rotatable bonds is 5. The molecule has 0 aliphatic heterocycles. The molecule has 0 aliphatic rings. The van der Waals surface area contributed by atoms with E-state index in [2.05, 4.69) is 10.3 Å². The molecule has 0 bridgehead atoms. The number of benzene rings is 1. The molecule has 1 N–H and O–H groups in total. The van der Waals surface area contributed by atoms with Crippen molar-refractivity contribution in [2.45, 2.75) is 19.4 Å². The molecule has 18 heavy (non-hydrogen) atoms. The van der Waals surface area contributed by atoms with E-state index in [1.165, 1.54) is 0 Å². The van der Waals surface area contributed by atoms with Crippen molar-refractivity contribution in [1.82, 2.24) is 15.0 Å². The van der Waals surface area contributed by atoms with Crippen molar-refractivity contribution < 1.29 is 9.84 Å². The number of hydrogen-bond donors (Lipinski definition) is 1. The number of aromatic nitrogens is 3. The Morgan fingerprint density at radius 1 is 1.44 bits per heavy atom. The molecule has 0 fully saturated rings. The number of hydrogen-bond acceptors (Lipinski definition) is 4. The van der Waals surface area contributed by atoms with Gasteiger partial charge in [0, 0.05) is 19.7 Å². The number of aryl methyl sites for hydroxylation is 1. The molecule has 0 aliphatic carbocycles. The molecule has 0 spiro atoms. The first-order valence-electron chi connectivity index (χ1n) is 5.95. The predicted molar refractivity (Wildman–Crippen MR) is 67.3 cm³/mol. The highest BCUT2D eigenvalue weighted by molar-refractivity contribution is 5.30. The fraction of sp³-hybridized carbons (Fsp3) is 0.385. The molecule has 1 aromatic heterocycles. The minimum Gasteiger partial charge on any atom is -0.494 e. The summed E-state index contributed by atoms with van der Waals surface area (Å²) in [7, 11) is 1.80. The van der Waals surface area contributed by atoms with E-state index in [0.717, 1.165) is 17.0 Å². The van der Waals surface area contributed by atoms with Gasteiger partial charge in [-0.3, -0.25) is 4.68 Å². The number of aliphatic hydroxyl groups excluding tert-OH is 1. The van der Waals surface area contributed by atoms with Gasteiger partial charge >= 0.3 is 0 Å². The molecule has 0 saturated heterocycles. The van der Waals surface area contributed by atoms with E-state index < -0.39 is 6.10 Å². The van der Waals surface area contributed by atoms with Crippen molar-refractivity contribution in [3.05, 3.63) is 41.7 Å². The van der Waals surface area contributed by atoms with Crippen LogP contribution < -0.4 is 4.74 Å². The van der Waals surface area contributed by atoms with Gasteiger partial charge in [-0.05, 0) is 24.6 Å². The summed E-state index contributed by atoms with van der Waals surface area (Å²) >= 11 is 0. The van der Waals surface area contributed by atoms with E-state index in [4.69, 9.17) is 4.74 Å². The Bertz CT molecular complexity index is 510. The minimum atomic E-state index is -0.595. The zero-order valence-corrected chi connectivity index (χ0v) is 10.6. The zero-order chi connectivity index (χ0) is 13.0. The number of aliphatic hydroxyl groups is 1. The van der Waals surface area contributed by atoms with E-state index in [9.17, 15) is 5.11 Å². The third kappa shape index (κ3) is 3.07. The summed E-state index contributed by atoms with van der Waals surface area (Å²) in [6.07, 6.45) is 1.65. The van der Waals surface area contributed by atoms with Crippen LogP contribution in [0.5, 0.6) is 5.75 Å². The lowest BCUT2D eigenvalue weighted by atomic mass is 10.1. The molecular weight excluding hydrogens is 230 g/mol. The third-order valence-electron chi connectivity index (χ3n) is 2.61. The Labute approximate surface area is 106 Å². The largest absolute Gasteiger partial charge is 0.494 e. The third-order valence-corrected chi connectivity index (χ3v) is 2.61. The molecular formula is C13H17N3O2. The summed E-state index contributed by atoms with van der Waals surface area (Å²) in [5, 5.41) is 17.9. The van der Waals surface area contributed by atoms with Gasteiger partial charge in [-0.1, -0.05) is 17.3 Å². The highest BCUT2D eigenvalue weighted by Gasteiger charge is 2.11. The van der Waals surface area contributed by atoms with E-state index in [-0.39, 0.29) is 0 Å². The summed E-state index contributed by atoms with van der Waals surface area (Å²) in [6, 6.07) is 7.48. The Hall–Kier alpha value is -1.88. The predicted octanol–water partition coefficient (Wildman–Crippen LogP) is 1.49. The molecule has 1 atom stereocenters. The first kappa shape index (κ1) is 12.6. The van der Waals surface area contributed by atoms with Gasteiger partial charge in [0.25, 0.3) is 0 Å². The smallest absolute Gasteiger partial charge is 0.119 e. The van der Waals surface area contributed by atoms with E-state index in [1.807, 2.05) is 31.2 Å². The van der Waals surface area contributed by atoms with Crippen LogP contribution >= 0.6 is 0 Å². The summed E-state index contributed by atoms with van der Waals surface area (Å²) < 4.78 is 7.03. The van der Waals surface area contributed by atoms with Crippen molar-refractivity contribution >= 4 is 0 Å². The molecule has 0 amide bonds. The van der Waals surface area contributed by atoms with E-state index >= 15 is 0 Å². The second kappa shape index (κ2) is 5.64. The lowest BCUT2D eigenvalue weighted by Gasteiger charge is -2.11.